The minimum Gasteiger partial charge on any atom is -0.428 e. The van der Waals surface area contributed by atoms with Gasteiger partial charge in [-0.2, -0.15) is 17.6 Å². The highest BCUT2D eigenvalue weighted by molar-refractivity contribution is 6.30. The summed E-state index contributed by atoms with van der Waals surface area (Å²) in [4.78, 5) is 7.80. The van der Waals surface area contributed by atoms with Crippen molar-refractivity contribution in [3.05, 3.63) is 89.0 Å². The zero-order valence-electron chi connectivity index (χ0n) is 14.1. The number of aromatic nitrogens is 2. The Morgan fingerprint density at radius 2 is 1.57 bits per heavy atom. The van der Waals surface area contributed by atoms with Crippen LogP contribution in [0.5, 0.6) is 5.75 Å². The van der Waals surface area contributed by atoms with Gasteiger partial charge in [0.15, 0.2) is 0 Å². The Balaban J connectivity index is 2.05. The van der Waals surface area contributed by atoms with Gasteiger partial charge in [0.1, 0.15) is 17.7 Å². The fourth-order valence-electron chi connectivity index (χ4n) is 2.67. The van der Waals surface area contributed by atoms with Gasteiger partial charge in [0.25, 0.3) is 0 Å². The predicted octanol–water partition coefficient (Wildman–Crippen LogP) is 4.65. The zero-order chi connectivity index (χ0) is 20.4. The second-order valence-electron chi connectivity index (χ2n) is 5.84. The number of halogens is 5. The Labute approximate surface area is 162 Å². The first-order chi connectivity index (χ1) is 13.2. The van der Waals surface area contributed by atoms with Gasteiger partial charge in [0.05, 0.1) is 0 Å². The van der Waals surface area contributed by atoms with Crippen molar-refractivity contribution in [3.63, 3.8) is 0 Å². The Bertz CT molecular complexity index is 942. The lowest BCUT2D eigenvalue weighted by atomic mass is 9.81. The standard InChI is InChI=1S/C19H13ClF4N2O2/c20-15-3-1-2-13(8-15)18(27,14-9-25-11-26-10-14)12-4-6-16(7-5-12)28-19(23,24)17(21)22/h1-11,17,27H. The van der Waals surface area contributed by atoms with Gasteiger partial charge in [0.2, 0.25) is 0 Å². The number of hydrogen-bond acceptors (Lipinski definition) is 4. The minimum absolute atomic E-state index is 0.247. The number of benzene rings is 2. The molecular weight excluding hydrogens is 400 g/mol. The highest BCUT2D eigenvalue weighted by Gasteiger charge is 2.44. The van der Waals surface area contributed by atoms with Crippen LogP contribution in [0, 0.1) is 0 Å². The van der Waals surface area contributed by atoms with E-state index in [0.717, 1.165) is 12.1 Å². The van der Waals surface area contributed by atoms with Crippen LogP contribution in [0.1, 0.15) is 16.7 Å². The van der Waals surface area contributed by atoms with Crippen molar-refractivity contribution in [2.45, 2.75) is 18.1 Å². The normalized spacial score (nSPS) is 14.0. The molecule has 3 rings (SSSR count). The lowest BCUT2D eigenvalue weighted by Crippen LogP contribution is -2.33. The van der Waals surface area contributed by atoms with E-state index < -0.39 is 23.9 Å². The number of rotatable bonds is 6. The summed E-state index contributed by atoms with van der Waals surface area (Å²) in [5, 5.41) is 11.9. The maximum atomic E-state index is 13.1. The SMILES string of the molecule is OC(c1ccc(OC(F)(F)C(F)F)cc1)(c1cncnc1)c1cccc(Cl)c1. The molecule has 0 amide bonds. The molecule has 0 aliphatic heterocycles. The highest BCUT2D eigenvalue weighted by Crippen LogP contribution is 2.38. The molecule has 0 bridgehead atoms. The Morgan fingerprint density at radius 1 is 0.929 bits per heavy atom. The van der Waals surface area contributed by atoms with Crippen LogP contribution in [0.3, 0.4) is 0 Å². The molecule has 0 radical (unpaired) electrons. The Kier molecular flexibility index (Phi) is 5.53. The molecule has 1 aromatic heterocycles. The first-order valence-corrected chi connectivity index (χ1v) is 8.30. The van der Waals surface area contributed by atoms with Gasteiger partial charge >= 0.3 is 12.5 Å². The average molecular weight is 413 g/mol. The fourth-order valence-corrected chi connectivity index (χ4v) is 2.86. The summed E-state index contributed by atoms with van der Waals surface area (Å²) in [5.41, 5.74) is -0.849. The summed E-state index contributed by atoms with van der Waals surface area (Å²) in [6.45, 7) is 0. The molecule has 0 spiro atoms. The third-order valence-electron chi connectivity index (χ3n) is 4.00. The van der Waals surface area contributed by atoms with E-state index in [4.69, 9.17) is 11.6 Å². The second kappa shape index (κ2) is 7.73. The van der Waals surface area contributed by atoms with Crippen LogP contribution in [-0.4, -0.2) is 27.6 Å². The number of nitrogens with zero attached hydrogens (tertiary/aromatic N) is 2. The van der Waals surface area contributed by atoms with E-state index in [2.05, 4.69) is 14.7 Å². The van der Waals surface area contributed by atoms with Crippen molar-refractivity contribution in [1.29, 1.82) is 0 Å². The number of ether oxygens (including phenoxy) is 1. The Hall–Kier alpha value is -2.71. The maximum Gasteiger partial charge on any atom is 0.461 e. The van der Waals surface area contributed by atoms with Crippen LogP contribution in [0.4, 0.5) is 17.6 Å². The number of hydrogen-bond donors (Lipinski definition) is 1. The van der Waals surface area contributed by atoms with Crippen molar-refractivity contribution in [2.75, 3.05) is 0 Å². The van der Waals surface area contributed by atoms with Crippen LogP contribution in [0.2, 0.25) is 5.02 Å². The molecular formula is C19H13ClF4N2O2. The molecule has 0 fully saturated rings. The molecule has 0 saturated heterocycles. The van der Waals surface area contributed by atoms with Crippen molar-refractivity contribution in [2.24, 2.45) is 0 Å². The van der Waals surface area contributed by atoms with Gasteiger partial charge < -0.3 is 9.84 Å². The minimum atomic E-state index is -4.63. The second-order valence-corrected chi connectivity index (χ2v) is 6.27. The smallest absolute Gasteiger partial charge is 0.428 e. The lowest BCUT2D eigenvalue weighted by Gasteiger charge is -2.29. The number of aliphatic hydroxyl groups is 1. The van der Waals surface area contributed by atoms with Crippen LogP contribution in [0.15, 0.2) is 67.3 Å². The molecule has 1 unspecified atom stereocenters. The van der Waals surface area contributed by atoms with Crippen molar-refractivity contribution < 1.29 is 27.4 Å². The van der Waals surface area contributed by atoms with Gasteiger partial charge in [0, 0.05) is 23.0 Å². The van der Waals surface area contributed by atoms with E-state index >= 15 is 0 Å². The van der Waals surface area contributed by atoms with Crippen molar-refractivity contribution in [1.82, 2.24) is 9.97 Å². The topological polar surface area (TPSA) is 55.2 Å². The Morgan fingerprint density at radius 3 is 2.14 bits per heavy atom. The van der Waals surface area contributed by atoms with E-state index in [1.807, 2.05) is 0 Å². The van der Waals surface area contributed by atoms with Crippen molar-refractivity contribution >= 4 is 11.6 Å². The predicted molar refractivity (Wildman–Crippen MR) is 93.6 cm³/mol. The molecule has 28 heavy (non-hydrogen) atoms. The zero-order valence-corrected chi connectivity index (χ0v) is 14.8. The van der Waals surface area contributed by atoms with E-state index in [0.29, 0.717) is 16.1 Å². The summed E-state index contributed by atoms with van der Waals surface area (Å²) in [6.07, 6.45) is -4.53. The molecule has 9 heteroatoms. The molecule has 1 N–H and O–H groups in total. The van der Waals surface area contributed by atoms with Gasteiger partial charge in [-0.25, -0.2) is 9.97 Å². The van der Waals surface area contributed by atoms with Crippen LogP contribution < -0.4 is 4.74 Å². The summed E-state index contributed by atoms with van der Waals surface area (Å²) in [6, 6.07) is 11.1. The summed E-state index contributed by atoms with van der Waals surface area (Å²) < 4.78 is 54.8. The van der Waals surface area contributed by atoms with E-state index in [-0.39, 0.29) is 5.56 Å². The van der Waals surface area contributed by atoms with E-state index in [1.165, 1.54) is 36.9 Å². The lowest BCUT2D eigenvalue weighted by molar-refractivity contribution is -0.253. The molecule has 1 heterocycles. The third-order valence-corrected chi connectivity index (χ3v) is 4.24. The molecule has 1 atom stereocenters. The molecule has 0 saturated carbocycles. The quantitative estimate of drug-likeness (QED) is 0.599. The summed E-state index contributed by atoms with van der Waals surface area (Å²) >= 11 is 6.04. The first-order valence-electron chi connectivity index (χ1n) is 7.93. The average Bonchev–Trinajstić information content (AvgIpc) is 2.68. The fraction of sp³-hybridized carbons (Fsp3) is 0.158. The molecule has 0 aliphatic rings. The summed E-state index contributed by atoms with van der Waals surface area (Å²) in [5.74, 6) is -0.480. The monoisotopic (exact) mass is 412 g/mol. The van der Waals surface area contributed by atoms with E-state index in [9.17, 15) is 22.7 Å². The van der Waals surface area contributed by atoms with Crippen LogP contribution in [0.25, 0.3) is 0 Å². The van der Waals surface area contributed by atoms with E-state index in [1.54, 1.807) is 18.2 Å². The van der Waals surface area contributed by atoms with Crippen LogP contribution in [-0.2, 0) is 5.60 Å². The molecule has 146 valence electrons. The van der Waals surface area contributed by atoms with Gasteiger partial charge in [-0.15, -0.1) is 0 Å². The molecule has 3 aromatic rings. The number of alkyl halides is 4. The van der Waals surface area contributed by atoms with Crippen molar-refractivity contribution in [3.8, 4) is 5.75 Å². The largest absolute Gasteiger partial charge is 0.461 e. The summed E-state index contributed by atoms with van der Waals surface area (Å²) in [7, 11) is 0. The van der Waals surface area contributed by atoms with Gasteiger partial charge in [-0.1, -0.05) is 35.9 Å². The van der Waals surface area contributed by atoms with Crippen LogP contribution >= 0.6 is 11.6 Å². The molecule has 2 aromatic carbocycles. The highest BCUT2D eigenvalue weighted by atomic mass is 35.5. The third kappa shape index (κ3) is 3.93. The van der Waals surface area contributed by atoms with Gasteiger partial charge in [-0.3, -0.25) is 0 Å². The first kappa shape index (κ1) is 20.0. The molecule has 0 aliphatic carbocycles. The molecule has 4 nitrogen and oxygen atoms in total. The van der Waals surface area contributed by atoms with Gasteiger partial charge in [-0.05, 0) is 35.4 Å². The maximum absolute atomic E-state index is 13.1.